The first kappa shape index (κ1) is 16.8. The van der Waals surface area contributed by atoms with Crippen molar-refractivity contribution >= 4 is 5.97 Å². The molecule has 0 bridgehead atoms. The lowest BCUT2D eigenvalue weighted by Gasteiger charge is -2.49. The van der Waals surface area contributed by atoms with Crippen molar-refractivity contribution in [3.63, 3.8) is 0 Å². The molecule has 1 saturated carbocycles. The predicted octanol–water partition coefficient (Wildman–Crippen LogP) is 4.01. The number of nitrogens with zero attached hydrogens (tertiary/aromatic N) is 1. The molecule has 0 aromatic rings. The summed E-state index contributed by atoms with van der Waals surface area (Å²) in [5, 5.41) is 0. The van der Waals surface area contributed by atoms with Gasteiger partial charge in [0.05, 0.1) is 13.0 Å². The number of carbonyl (C=O) groups is 1. The van der Waals surface area contributed by atoms with Crippen molar-refractivity contribution in [2.24, 2.45) is 11.8 Å². The summed E-state index contributed by atoms with van der Waals surface area (Å²) in [5.74, 6) is 1.49. The number of hydrogen-bond donors (Lipinski definition) is 0. The van der Waals surface area contributed by atoms with Crippen molar-refractivity contribution in [1.82, 2.24) is 4.90 Å². The van der Waals surface area contributed by atoms with Gasteiger partial charge in [-0.1, -0.05) is 26.7 Å². The van der Waals surface area contributed by atoms with Crippen molar-refractivity contribution in [3.8, 4) is 0 Å². The maximum Gasteiger partial charge on any atom is 0.307 e. The van der Waals surface area contributed by atoms with Gasteiger partial charge in [0.1, 0.15) is 0 Å². The summed E-state index contributed by atoms with van der Waals surface area (Å²) >= 11 is 0. The molecule has 1 heterocycles. The maximum absolute atomic E-state index is 12.2. The van der Waals surface area contributed by atoms with Crippen molar-refractivity contribution in [2.45, 2.75) is 77.7 Å². The summed E-state index contributed by atoms with van der Waals surface area (Å²) < 4.78 is 5.29. The van der Waals surface area contributed by atoms with Crippen molar-refractivity contribution in [1.29, 1.82) is 0 Å². The van der Waals surface area contributed by atoms with Crippen LogP contribution >= 0.6 is 0 Å². The van der Waals surface area contributed by atoms with E-state index in [2.05, 4.69) is 18.7 Å². The Morgan fingerprint density at radius 3 is 2.38 bits per heavy atom. The minimum atomic E-state index is 0.00324. The molecule has 3 nitrogen and oxygen atoms in total. The number of likely N-dealkylation sites (tertiary alicyclic amines) is 1. The molecule has 21 heavy (non-hydrogen) atoms. The zero-order valence-corrected chi connectivity index (χ0v) is 14.2. The molecule has 1 aliphatic carbocycles. The second kappa shape index (κ2) is 7.62. The van der Waals surface area contributed by atoms with Gasteiger partial charge in [-0.3, -0.25) is 9.69 Å². The van der Waals surface area contributed by atoms with E-state index in [-0.39, 0.29) is 11.5 Å². The van der Waals surface area contributed by atoms with E-state index in [1.807, 2.05) is 6.92 Å². The molecule has 0 N–H and O–H groups in total. The molecule has 1 aliphatic heterocycles. The van der Waals surface area contributed by atoms with Crippen LogP contribution in [0.25, 0.3) is 0 Å². The van der Waals surface area contributed by atoms with Crippen molar-refractivity contribution in [2.75, 3.05) is 19.7 Å². The Morgan fingerprint density at radius 1 is 1.14 bits per heavy atom. The van der Waals surface area contributed by atoms with E-state index >= 15 is 0 Å². The third-order valence-corrected chi connectivity index (χ3v) is 5.79. The third-order valence-electron chi connectivity index (χ3n) is 5.79. The molecule has 1 saturated heterocycles. The van der Waals surface area contributed by atoms with Crippen LogP contribution in [0.3, 0.4) is 0 Å². The minimum absolute atomic E-state index is 0.00324. The van der Waals surface area contributed by atoms with Gasteiger partial charge in [0.2, 0.25) is 0 Å². The summed E-state index contributed by atoms with van der Waals surface area (Å²) in [6, 6.07) is 0. The van der Waals surface area contributed by atoms with E-state index in [0.717, 1.165) is 18.8 Å². The molecule has 3 unspecified atom stereocenters. The lowest BCUT2D eigenvalue weighted by molar-refractivity contribution is -0.148. The van der Waals surface area contributed by atoms with E-state index in [1.165, 1.54) is 45.2 Å². The number of hydrogen-bond acceptors (Lipinski definition) is 3. The van der Waals surface area contributed by atoms with E-state index in [1.54, 1.807) is 0 Å². The van der Waals surface area contributed by atoms with Gasteiger partial charge in [0.15, 0.2) is 0 Å². The summed E-state index contributed by atoms with van der Waals surface area (Å²) in [5.41, 5.74) is 0.0719. The van der Waals surface area contributed by atoms with Gasteiger partial charge in [0.25, 0.3) is 0 Å². The average molecular weight is 295 g/mol. The fourth-order valence-corrected chi connectivity index (χ4v) is 4.27. The second-order valence-electron chi connectivity index (χ2n) is 7.30. The van der Waals surface area contributed by atoms with E-state index < -0.39 is 0 Å². The van der Waals surface area contributed by atoms with Crippen LogP contribution in [0.15, 0.2) is 0 Å². The van der Waals surface area contributed by atoms with Gasteiger partial charge >= 0.3 is 5.97 Å². The van der Waals surface area contributed by atoms with E-state index in [4.69, 9.17) is 4.74 Å². The second-order valence-corrected chi connectivity index (χ2v) is 7.30. The van der Waals surface area contributed by atoms with Gasteiger partial charge in [0, 0.05) is 5.54 Å². The number of carbonyl (C=O) groups excluding carboxylic acids is 1. The van der Waals surface area contributed by atoms with Crippen LogP contribution in [0.1, 0.15) is 72.1 Å². The molecule has 0 aromatic heterocycles. The van der Waals surface area contributed by atoms with Crippen LogP contribution in [0.5, 0.6) is 0 Å². The zero-order valence-electron chi connectivity index (χ0n) is 14.2. The SMILES string of the molecule is CCOC(=O)CC1(N2CCCCCC2)CCC(C)C(C)C1. The third kappa shape index (κ3) is 4.21. The summed E-state index contributed by atoms with van der Waals surface area (Å²) in [4.78, 5) is 14.8. The van der Waals surface area contributed by atoms with Crippen molar-refractivity contribution in [3.05, 3.63) is 0 Å². The smallest absolute Gasteiger partial charge is 0.307 e. The summed E-state index contributed by atoms with van der Waals surface area (Å²) in [6.45, 7) is 9.47. The zero-order chi connectivity index (χ0) is 15.3. The highest BCUT2D eigenvalue weighted by Crippen LogP contribution is 2.43. The first-order chi connectivity index (χ1) is 10.1. The molecule has 122 valence electrons. The Labute approximate surface area is 130 Å². The van der Waals surface area contributed by atoms with Crippen LogP contribution < -0.4 is 0 Å². The van der Waals surface area contributed by atoms with Gasteiger partial charge < -0.3 is 4.74 Å². The lowest BCUT2D eigenvalue weighted by atomic mass is 9.69. The molecule has 0 amide bonds. The number of ether oxygens (including phenoxy) is 1. The highest BCUT2D eigenvalue weighted by Gasteiger charge is 2.43. The summed E-state index contributed by atoms with van der Waals surface area (Å²) in [7, 11) is 0. The molecule has 2 rings (SSSR count). The highest BCUT2D eigenvalue weighted by atomic mass is 16.5. The van der Waals surface area contributed by atoms with Gasteiger partial charge in [-0.25, -0.2) is 0 Å². The number of rotatable bonds is 4. The van der Waals surface area contributed by atoms with Crippen LogP contribution in [-0.2, 0) is 9.53 Å². The molecule has 2 aliphatic rings. The molecule has 0 radical (unpaired) electrons. The van der Waals surface area contributed by atoms with Gasteiger partial charge in [-0.05, 0) is 64.0 Å². The molecule has 3 atom stereocenters. The molecule has 3 heteroatoms. The van der Waals surface area contributed by atoms with Gasteiger partial charge in [-0.2, -0.15) is 0 Å². The molecule has 0 spiro atoms. The van der Waals surface area contributed by atoms with Gasteiger partial charge in [-0.15, -0.1) is 0 Å². The Kier molecular flexibility index (Phi) is 6.09. The standard InChI is InChI=1S/C18H33NO2/c1-4-21-17(20)14-18(10-9-15(2)16(3)13-18)19-11-7-5-6-8-12-19/h15-16H,4-14H2,1-3H3. The molecule has 0 aromatic carbocycles. The Hall–Kier alpha value is -0.570. The molecular formula is C18H33NO2. The first-order valence-corrected chi connectivity index (χ1v) is 8.98. The minimum Gasteiger partial charge on any atom is -0.466 e. The Bertz CT molecular complexity index is 336. The summed E-state index contributed by atoms with van der Waals surface area (Å²) in [6.07, 6.45) is 9.43. The topological polar surface area (TPSA) is 29.5 Å². The molecule has 2 fully saturated rings. The fourth-order valence-electron chi connectivity index (χ4n) is 4.27. The quantitative estimate of drug-likeness (QED) is 0.734. The number of esters is 1. The monoisotopic (exact) mass is 295 g/mol. The average Bonchev–Trinajstić information content (AvgIpc) is 2.73. The fraction of sp³-hybridized carbons (Fsp3) is 0.944. The first-order valence-electron chi connectivity index (χ1n) is 8.98. The normalized spacial score (nSPS) is 35.2. The van der Waals surface area contributed by atoms with Crippen LogP contribution in [-0.4, -0.2) is 36.1 Å². The maximum atomic E-state index is 12.2. The largest absolute Gasteiger partial charge is 0.466 e. The van der Waals surface area contributed by atoms with E-state index in [0.29, 0.717) is 18.9 Å². The lowest BCUT2D eigenvalue weighted by Crippen LogP contribution is -2.54. The predicted molar refractivity (Wildman–Crippen MR) is 86.2 cm³/mol. The van der Waals surface area contributed by atoms with Crippen LogP contribution in [0, 0.1) is 11.8 Å². The van der Waals surface area contributed by atoms with E-state index in [9.17, 15) is 4.79 Å². The Balaban J connectivity index is 2.14. The Morgan fingerprint density at radius 2 is 1.81 bits per heavy atom. The molecular weight excluding hydrogens is 262 g/mol. The van der Waals surface area contributed by atoms with Crippen LogP contribution in [0.4, 0.5) is 0 Å². The highest BCUT2D eigenvalue weighted by molar-refractivity contribution is 5.71. The van der Waals surface area contributed by atoms with Crippen LogP contribution in [0.2, 0.25) is 0 Å². The van der Waals surface area contributed by atoms with Crippen molar-refractivity contribution < 1.29 is 9.53 Å².